The van der Waals surface area contributed by atoms with Crippen LogP contribution in [0.4, 0.5) is 17.6 Å². The van der Waals surface area contributed by atoms with Crippen LogP contribution in [0.5, 0.6) is 0 Å². The largest absolute Gasteiger partial charge is 0.418 e. The number of alkyl halides is 3. The zero-order valence-electron chi connectivity index (χ0n) is 10.8. The fourth-order valence-electron chi connectivity index (χ4n) is 1.78. The molecule has 0 aromatic carbocycles. The Morgan fingerprint density at radius 1 is 1.23 bits per heavy atom. The van der Waals surface area contributed by atoms with Gasteiger partial charge in [0, 0.05) is 6.20 Å². The molecule has 0 radical (unpaired) electrons. The molecule has 1 atom stereocenters. The minimum Gasteiger partial charge on any atom is -0.290 e. The molecule has 112 valence electrons. The van der Waals surface area contributed by atoms with Gasteiger partial charge in [-0.25, -0.2) is 4.39 Å². The number of carbonyl (C=O) groups excluding carboxylic acids is 1. The molecule has 4 nitrogen and oxygen atoms in total. The summed E-state index contributed by atoms with van der Waals surface area (Å²) in [4.78, 5) is 19.2. The summed E-state index contributed by atoms with van der Waals surface area (Å²) in [7, 11) is 0. The Balaban J connectivity index is 2.47. The van der Waals surface area contributed by atoms with Crippen molar-refractivity contribution in [1.82, 2.24) is 9.97 Å². The number of rotatable bonds is 3. The SMILES string of the molecule is N#C[C@@H](C(=O)c1ncccc1C(F)(F)F)c1ccc(F)cn1. The van der Waals surface area contributed by atoms with Gasteiger partial charge in [0.1, 0.15) is 11.5 Å². The molecule has 0 spiro atoms. The van der Waals surface area contributed by atoms with Crippen LogP contribution in [0.3, 0.4) is 0 Å². The second kappa shape index (κ2) is 5.89. The predicted molar refractivity (Wildman–Crippen MR) is 66.1 cm³/mol. The van der Waals surface area contributed by atoms with E-state index >= 15 is 0 Å². The summed E-state index contributed by atoms with van der Waals surface area (Å²) < 4.78 is 51.5. The lowest BCUT2D eigenvalue weighted by molar-refractivity contribution is -0.138. The van der Waals surface area contributed by atoms with Crippen LogP contribution >= 0.6 is 0 Å². The molecule has 0 N–H and O–H groups in total. The van der Waals surface area contributed by atoms with Gasteiger partial charge in [-0.3, -0.25) is 14.8 Å². The number of pyridine rings is 2. The third-order valence-corrected chi connectivity index (χ3v) is 2.78. The second-order valence-corrected chi connectivity index (χ2v) is 4.22. The van der Waals surface area contributed by atoms with E-state index in [1.807, 2.05) is 0 Å². The normalized spacial score (nSPS) is 12.5. The number of hydrogen-bond donors (Lipinski definition) is 0. The van der Waals surface area contributed by atoms with Gasteiger partial charge in [-0.1, -0.05) is 0 Å². The molecule has 2 aromatic heterocycles. The smallest absolute Gasteiger partial charge is 0.290 e. The van der Waals surface area contributed by atoms with Crippen molar-refractivity contribution in [3.05, 3.63) is 59.4 Å². The molecule has 22 heavy (non-hydrogen) atoms. The summed E-state index contributed by atoms with van der Waals surface area (Å²) in [6.45, 7) is 0. The molecule has 0 unspecified atom stereocenters. The number of ketones is 1. The first-order valence-electron chi connectivity index (χ1n) is 5.92. The van der Waals surface area contributed by atoms with Crippen LogP contribution < -0.4 is 0 Å². The Bertz CT molecular complexity index is 735. The van der Waals surface area contributed by atoms with Gasteiger partial charge in [0.05, 0.1) is 23.5 Å². The Morgan fingerprint density at radius 3 is 2.50 bits per heavy atom. The molecule has 0 saturated heterocycles. The van der Waals surface area contributed by atoms with Crippen molar-refractivity contribution in [2.75, 3.05) is 0 Å². The van der Waals surface area contributed by atoms with Crippen LogP contribution in [-0.4, -0.2) is 15.8 Å². The Morgan fingerprint density at radius 2 is 1.95 bits per heavy atom. The van der Waals surface area contributed by atoms with Gasteiger partial charge in [-0.15, -0.1) is 0 Å². The molecule has 2 rings (SSSR count). The Kier molecular flexibility index (Phi) is 4.17. The third-order valence-electron chi connectivity index (χ3n) is 2.78. The van der Waals surface area contributed by atoms with E-state index < -0.39 is 35.0 Å². The molecular weight excluding hydrogens is 302 g/mol. The number of nitrogens with zero attached hydrogens (tertiary/aromatic N) is 3. The lowest BCUT2D eigenvalue weighted by Crippen LogP contribution is -2.20. The summed E-state index contributed by atoms with van der Waals surface area (Å²) >= 11 is 0. The number of aromatic nitrogens is 2. The van der Waals surface area contributed by atoms with Gasteiger partial charge in [0.25, 0.3) is 0 Å². The van der Waals surface area contributed by atoms with Crippen molar-refractivity contribution in [3.8, 4) is 6.07 Å². The van der Waals surface area contributed by atoms with Crippen molar-refractivity contribution < 1.29 is 22.4 Å². The predicted octanol–water partition coefficient (Wildman–Crippen LogP) is 3.12. The minimum atomic E-state index is -4.78. The molecule has 0 saturated carbocycles. The molecule has 0 fully saturated rings. The van der Waals surface area contributed by atoms with E-state index in [-0.39, 0.29) is 5.69 Å². The summed E-state index contributed by atoms with van der Waals surface area (Å²) in [6.07, 6.45) is -2.99. The number of Topliss-reactive ketones (excluding diaryl/α,β-unsaturated/α-hetero) is 1. The number of halogens is 4. The average molecular weight is 309 g/mol. The minimum absolute atomic E-state index is 0.146. The highest BCUT2D eigenvalue weighted by Crippen LogP contribution is 2.32. The van der Waals surface area contributed by atoms with E-state index in [0.717, 1.165) is 30.6 Å². The molecule has 0 amide bonds. The Hall–Kier alpha value is -2.82. The number of hydrogen-bond acceptors (Lipinski definition) is 4. The van der Waals surface area contributed by atoms with Gasteiger partial charge in [0.2, 0.25) is 5.78 Å². The van der Waals surface area contributed by atoms with E-state index in [0.29, 0.717) is 6.07 Å². The lowest BCUT2D eigenvalue weighted by Gasteiger charge is -2.13. The molecule has 0 aliphatic rings. The molecule has 2 heterocycles. The van der Waals surface area contributed by atoms with Crippen LogP contribution in [0.15, 0.2) is 36.7 Å². The van der Waals surface area contributed by atoms with Crippen LogP contribution in [-0.2, 0) is 6.18 Å². The van der Waals surface area contributed by atoms with Gasteiger partial charge in [-0.05, 0) is 24.3 Å². The maximum Gasteiger partial charge on any atom is 0.418 e. The lowest BCUT2D eigenvalue weighted by atomic mass is 9.96. The molecule has 0 aliphatic carbocycles. The molecule has 8 heteroatoms. The highest BCUT2D eigenvalue weighted by atomic mass is 19.4. The summed E-state index contributed by atoms with van der Waals surface area (Å²) in [6, 6.07) is 5.34. The van der Waals surface area contributed by atoms with Gasteiger partial charge < -0.3 is 0 Å². The first-order valence-corrected chi connectivity index (χ1v) is 5.92. The number of nitriles is 1. The van der Waals surface area contributed by atoms with E-state index in [2.05, 4.69) is 9.97 Å². The second-order valence-electron chi connectivity index (χ2n) is 4.22. The first-order chi connectivity index (χ1) is 10.3. The third kappa shape index (κ3) is 3.09. The van der Waals surface area contributed by atoms with E-state index in [1.54, 1.807) is 6.07 Å². The zero-order valence-corrected chi connectivity index (χ0v) is 10.8. The quantitative estimate of drug-likeness (QED) is 0.645. The topological polar surface area (TPSA) is 66.6 Å². The fraction of sp³-hybridized carbons (Fsp3) is 0.143. The van der Waals surface area contributed by atoms with E-state index in [4.69, 9.17) is 5.26 Å². The number of carbonyl (C=O) groups is 1. The van der Waals surface area contributed by atoms with E-state index in [9.17, 15) is 22.4 Å². The monoisotopic (exact) mass is 309 g/mol. The van der Waals surface area contributed by atoms with Gasteiger partial charge in [-0.2, -0.15) is 18.4 Å². The van der Waals surface area contributed by atoms with Crippen molar-refractivity contribution in [3.63, 3.8) is 0 Å². The van der Waals surface area contributed by atoms with Gasteiger partial charge >= 0.3 is 6.18 Å². The average Bonchev–Trinajstić information content (AvgIpc) is 2.49. The fourth-order valence-corrected chi connectivity index (χ4v) is 1.78. The molecule has 0 bridgehead atoms. The summed E-state index contributed by atoms with van der Waals surface area (Å²) in [5.74, 6) is -3.44. The van der Waals surface area contributed by atoms with Crippen LogP contribution in [0.2, 0.25) is 0 Å². The highest BCUT2D eigenvalue weighted by Gasteiger charge is 2.38. The summed E-state index contributed by atoms with van der Waals surface area (Å²) in [5.41, 5.74) is -2.25. The van der Waals surface area contributed by atoms with Crippen molar-refractivity contribution in [2.45, 2.75) is 12.1 Å². The summed E-state index contributed by atoms with van der Waals surface area (Å²) in [5, 5.41) is 9.06. The first kappa shape index (κ1) is 15.6. The van der Waals surface area contributed by atoms with Gasteiger partial charge in [0.15, 0.2) is 5.92 Å². The Labute approximate surface area is 122 Å². The van der Waals surface area contributed by atoms with Crippen molar-refractivity contribution in [2.24, 2.45) is 0 Å². The van der Waals surface area contributed by atoms with Crippen LogP contribution in [0, 0.1) is 17.1 Å². The molecule has 2 aromatic rings. The molecule has 0 aliphatic heterocycles. The van der Waals surface area contributed by atoms with E-state index in [1.165, 1.54) is 0 Å². The zero-order chi connectivity index (χ0) is 16.3. The molecular formula is C14H7F4N3O. The standard InChI is InChI=1S/C14H7F4N3O/c15-8-3-4-11(21-7-8)9(6-19)13(22)12-10(14(16,17)18)2-1-5-20-12/h1-5,7,9H/t9-/m1/s1. The highest BCUT2D eigenvalue weighted by molar-refractivity contribution is 6.02. The maximum atomic E-state index is 12.9. The van der Waals surface area contributed by atoms with Crippen molar-refractivity contribution >= 4 is 5.78 Å². The van der Waals surface area contributed by atoms with Crippen LogP contribution in [0.1, 0.15) is 27.7 Å². The van der Waals surface area contributed by atoms with Crippen LogP contribution in [0.25, 0.3) is 0 Å². The maximum absolute atomic E-state index is 12.9. The van der Waals surface area contributed by atoms with Crippen molar-refractivity contribution in [1.29, 1.82) is 5.26 Å².